The Bertz CT molecular complexity index is 940. The summed E-state index contributed by atoms with van der Waals surface area (Å²) in [7, 11) is -3.18. The van der Waals surface area contributed by atoms with E-state index in [9.17, 15) is 8.42 Å². The first kappa shape index (κ1) is 16.0. The maximum Gasteiger partial charge on any atom is 0.175 e. The van der Waals surface area contributed by atoms with E-state index in [0.29, 0.717) is 4.90 Å². The Morgan fingerprint density at radius 3 is 2.04 bits per heavy atom. The van der Waals surface area contributed by atoms with Crippen LogP contribution in [0.25, 0.3) is 16.9 Å². The summed E-state index contributed by atoms with van der Waals surface area (Å²) in [6, 6.07) is 19.2. The second kappa shape index (κ2) is 5.98. The molecule has 23 heavy (non-hydrogen) atoms. The smallest absolute Gasteiger partial charge is 0.175 e. The van der Waals surface area contributed by atoms with Gasteiger partial charge in [-0.1, -0.05) is 28.1 Å². The van der Waals surface area contributed by atoms with Crippen LogP contribution in [0.4, 0.5) is 0 Å². The Labute approximate surface area is 144 Å². The number of hydrogen-bond acceptors (Lipinski definition) is 2. The zero-order valence-corrected chi connectivity index (χ0v) is 15.2. The molecule has 2 aromatic carbocycles. The summed E-state index contributed by atoms with van der Waals surface area (Å²) in [5.41, 5.74) is 4.20. The number of sulfone groups is 1. The second-order valence-corrected chi connectivity index (χ2v) is 8.40. The van der Waals surface area contributed by atoms with Crippen LogP contribution in [-0.4, -0.2) is 19.2 Å². The number of rotatable bonds is 3. The lowest BCUT2D eigenvalue weighted by atomic mass is 10.1. The maximum absolute atomic E-state index is 11.6. The number of nitrogens with zero attached hydrogens (tertiary/aromatic N) is 1. The van der Waals surface area contributed by atoms with Gasteiger partial charge in [0.2, 0.25) is 0 Å². The number of benzene rings is 2. The Hall–Kier alpha value is -1.85. The normalized spacial score (nSPS) is 11.6. The van der Waals surface area contributed by atoms with E-state index < -0.39 is 9.84 Å². The predicted octanol–water partition coefficient (Wildman–Crippen LogP) is 4.62. The minimum Gasteiger partial charge on any atom is -0.314 e. The second-order valence-electron chi connectivity index (χ2n) is 5.47. The van der Waals surface area contributed by atoms with Crippen molar-refractivity contribution in [1.82, 2.24) is 4.57 Å². The monoisotopic (exact) mass is 389 g/mol. The molecule has 0 aliphatic heterocycles. The van der Waals surface area contributed by atoms with Crippen molar-refractivity contribution in [2.45, 2.75) is 11.8 Å². The standard InChI is InChI=1S/C18H16BrNO2S/c1-13-3-12-18(20(13)16-8-6-15(19)7-9-16)14-4-10-17(11-5-14)23(2,21)22/h3-12H,1-2H3. The molecule has 0 amide bonds. The van der Waals surface area contributed by atoms with Crippen LogP contribution in [0.5, 0.6) is 0 Å². The van der Waals surface area contributed by atoms with E-state index in [1.54, 1.807) is 12.1 Å². The average Bonchev–Trinajstić information content (AvgIpc) is 2.89. The van der Waals surface area contributed by atoms with Crippen LogP contribution >= 0.6 is 15.9 Å². The first-order valence-corrected chi connectivity index (χ1v) is 9.79. The van der Waals surface area contributed by atoms with Crippen LogP contribution in [0, 0.1) is 6.92 Å². The molecular weight excluding hydrogens is 374 g/mol. The Morgan fingerprint density at radius 1 is 0.870 bits per heavy atom. The molecule has 0 saturated heterocycles. The molecule has 3 nitrogen and oxygen atoms in total. The predicted molar refractivity (Wildman–Crippen MR) is 96.8 cm³/mol. The van der Waals surface area contributed by atoms with Crippen molar-refractivity contribution in [3.8, 4) is 16.9 Å². The quantitative estimate of drug-likeness (QED) is 0.655. The van der Waals surface area contributed by atoms with Gasteiger partial charge in [-0.3, -0.25) is 0 Å². The third-order valence-corrected chi connectivity index (χ3v) is 5.40. The Morgan fingerprint density at radius 2 is 1.48 bits per heavy atom. The lowest BCUT2D eigenvalue weighted by Gasteiger charge is -2.12. The highest BCUT2D eigenvalue weighted by Crippen LogP contribution is 2.28. The van der Waals surface area contributed by atoms with E-state index in [-0.39, 0.29) is 0 Å². The number of halogens is 1. The lowest BCUT2D eigenvalue weighted by Crippen LogP contribution is -2.00. The Balaban J connectivity index is 2.10. The minimum atomic E-state index is -3.18. The van der Waals surface area contributed by atoms with Crippen LogP contribution < -0.4 is 0 Å². The fourth-order valence-electron chi connectivity index (χ4n) is 2.57. The van der Waals surface area contributed by atoms with Gasteiger partial charge in [0.05, 0.1) is 10.6 Å². The number of aryl methyl sites for hydroxylation is 1. The van der Waals surface area contributed by atoms with E-state index >= 15 is 0 Å². The zero-order valence-electron chi connectivity index (χ0n) is 12.8. The molecule has 118 valence electrons. The van der Waals surface area contributed by atoms with E-state index in [0.717, 1.165) is 27.1 Å². The van der Waals surface area contributed by atoms with Gasteiger partial charge < -0.3 is 4.57 Å². The molecular formula is C18H16BrNO2S. The van der Waals surface area contributed by atoms with Gasteiger partial charge >= 0.3 is 0 Å². The van der Waals surface area contributed by atoms with Gasteiger partial charge in [0.1, 0.15) is 0 Å². The SMILES string of the molecule is Cc1ccc(-c2ccc(S(C)(=O)=O)cc2)n1-c1ccc(Br)cc1. The third-order valence-electron chi connectivity index (χ3n) is 3.74. The summed E-state index contributed by atoms with van der Waals surface area (Å²) in [6.45, 7) is 2.05. The zero-order chi connectivity index (χ0) is 16.6. The van der Waals surface area contributed by atoms with Crippen molar-refractivity contribution in [3.63, 3.8) is 0 Å². The van der Waals surface area contributed by atoms with Crippen LogP contribution in [0.15, 0.2) is 70.0 Å². The van der Waals surface area contributed by atoms with Gasteiger partial charge in [-0.15, -0.1) is 0 Å². The number of hydrogen-bond donors (Lipinski definition) is 0. The first-order valence-electron chi connectivity index (χ1n) is 7.11. The molecule has 0 bridgehead atoms. The van der Waals surface area contributed by atoms with Gasteiger partial charge in [-0.25, -0.2) is 8.42 Å². The van der Waals surface area contributed by atoms with Crippen molar-refractivity contribution in [2.75, 3.05) is 6.26 Å². The molecule has 0 unspecified atom stereocenters. The Kier molecular flexibility index (Phi) is 4.17. The third kappa shape index (κ3) is 3.26. The fourth-order valence-corrected chi connectivity index (χ4v) is 3.46. The molecule has 1 heterocycles. The molecule has 0 atom stereocenters. The van der Waals surface area contributed by atoms with Gasteiger partial charge in [0, 0.05) is 22.1 Å². The van der Waals surface area contributed by atoms with Gasteiger partial charge in [-0.2, -0.15) is 0 Å². The van der Waals surface area contributed by atoms with E-state index in [1.807, 2.05) is 42.5 Å². The first-order chi connectivity index (χ1) is 10.9. The summed E-state index contributed by atoms with van der Waals surface area (Å²) in [5.74, 6) is 0. The summed E-state index contributed by atoms with van der Waals surface area (Å²) < 4.78 is 26.4. The highest BCUT2D eigenvalue weighted by molar-refractivity contribution is 9.10. The summed E-state index contributed by atoms with van der Waals surface area (Å²) >= 11 is 3.45. The number of aromatic nitrogens is 1. The van der Waals surface area contributed by atoms with Crippen molar-refractivity contribution >= 4 is 25.8 Å². The lowest BCUT2D eigenvalue weighted by molar-refractivity contribution is 0.602. The largest absolute Gasteiger partial charge is 0.314 e. The topological polar surface area (TPSA) is 39.1 Å². The molecule has 1 aromatic heterocycles. The van der Waals surface area contributed by atoms with Crippen molar-refractivity contribution in [2.24, 2.45) is 0 Å². The molecule has 0 spiro atoms. The van der Waals surface area contributed by atoms with E-state index in [4.69, 9.17) is 0 Å². The summed E-state index contributed by atoms with van der Waals surface area (Å²) in [5, 5.41) is 0. The van der Waals surface area contributed by atoms with Crippen molar-refractivity contribution < 1.29 is 8.42 Å². The van der Waals surface area contributed by atoms with E-state index in [1.165, 1.54) is 6.26 Å². The van der Waals surface area contributed by atoms with Crippen molar-refractivity contribution in [1.29, 1.82) is 0 Å². The van der Waals surface area contributed by atoms with Crippen LogP contribution in [0.2, 0.25) is 0 Å². The molecule has 0 saturated carbocycles. The molecule has 0 aliphatic carbocycles. The summed E-state index contributed by atoms with van der Waals surface area (Å²) in [4.78, 5) is 0.333. The molecule has 0 fully saturated rings. The maximum atomic E-state index is 11.6. The van der Waals surface area contributed by atoms with Crippen LogP contribution in [0.3, 0.4) is 0 Å². The van der Waals surface area contributed by atoms with Crippen molar-refractivity contribution in [3.05, 3.63) is 70.8 Å². The molecule has 0 aliphatic rings. The van der Waals surface area contributed by atoms with E-state index in [2.05, 4.69) is 33.5 Å². The summed E-state index contributed by atoms with van der Waals surface area (Å²) in [6.07, 6.45) is 1.22. The molecule has 0 radical (unpaired) electrons. The molecule has 3 rings (SSSR count). The molecule has 3 aromatic rings. The van der Waals surface area contributed by atoms with Crippen LogP contribution in [0.1, 0.15) is 5.69 Å². The highest BCUT2D eigenvalue weighted by Gasteiger charge is 2.11. The van der Waals surface area contributed by atoms with Crippen LogP contribution in [-0.2, 0) is 9.84 Å². The van der Waals surface area contributed by atoms with Gasteiger partial charge in [0.15, 0.2) is 9.84 Å². The van der Waals surface area contributed by atoms with Gasteiger partial charge in [0.25, 0.3) is 0 Å². The molecule has 0 N–H and O–H groups in total. The van der Waals surface area contributed by atoms with Gasteiger partial charge in [-0.05, 0) is 61.0 Å². The molecule has 5 heteroatoms. The fraction of sp³-hybridized carbons (Fsp3) is 0.111. The minimum absolute atomic E-state index is 0.333. The highest BCUT2D eigenvalue weighted by atomic mass is 79.9. The average molecular weight is 390 g/mol.